The number of rotatable bonds is 7. The van der Waals surface area contributed by atoms with E-state index in [1.165, 1.54) is 0 Å². The van der Waals surface area contributed by atoms with E-state index in [-0.39, 0.29) is 32.0 Å². The topological polar surface area (TPSA) is 136 Å². The van der Waals surface area contributed by atoms with E-state index < -0.39 is 5.97 Å². The first-order valence-electron chi connectivity index (χ1n) is 9.54. The van der Waals surface area contributed by atoms with Gasteiger partial charge in [-0.3, -0.25) is 9.97 Å². The SMILES string of the molecule is O=C(O)COC[C@@H]1CC(c2ccc(Br)cn2)=NO1.OC[C@@H]1CC(c2ccc(Br)cn2)=NO1. The first kappa shape index (κ1) is 24.2. The highest BCUT2D eigenvalue weighted by Gasteiger charge is 2.23. The lowest BCUT2D eigenvalue weighted by molar-refractivity contribution is -0.143. The summed E-state index contributed by atoms with van der Waals surface area (Å²) in [6.45, 7) is -0.134. The molecule has 170 valence electrons. The molecule has 12 heteroatoms. The summed E-state index contributed by atoms with van der Waals surface area (Å²) in [7, 11) is 0. The van der Waals surface area contributed by atoms with Gasteiger partial charge in [0.25, 0.3) is 0 Å². The smallest absolute Gasteiger partial charge is 0.329 e. The quantitative estimate of drug-likeness (QED) is 0.518. The van der Waals surface area contributed by atoms with Gasteiger partial charge in [0.15, 0.2) is 12.2 Å². The number of carboxylic acid groups (broad SMARTS) is 1. The van der Waals surface area contributed by atoms with Crippen LogP contribution in [0, 0.1) is 0 Å². The highest BCUT2D eigenvalue weighted by molar-refractivity contribution is 9.10. The summed E-state index contributed by atoms with van der Waals surface area (Å²) in [5, 5.41) is 25.1. The molecular formula is C20H20Br2N4O6. The van der Waals surface area contributed by atoms with Gasteiger partial charge in [-0.15, -0.1) is 0 Å². The van der Waals surface area contributed by atoms with E-state index in [9.17, 15) is 4.79 Å². The number of nitrogens with zero attached hydrogens (tertiary/aromatic N) is 4. The van der Waals surface area contributed by atoms with Gasteiger partial charge in [0.1, 0.15) is 18.0 Å². The summed E-state index contributed by atoms with van der Waals surface area (Å²) >= 11 is 6.61. The molecule has 0 radical (unpaired) electrons. The van der Waals surface area contributed by atoms with Crippen molar-refractivity contribution in [2.75, 3.05) is 19.8 Å². The van der Waals surface area contributed by atoms with Gasteiger partial charge in [-0.1, -0.05) is 10.3 Å². The summed E-state index contributed by atoms with van der Waals surface area (Å²) in [6.07, 6.45) is 4.12. The van der Waals surface area contributed by atoms with Gasteiger partial charge in [0, 0.05) is 34.2 Å². The van der Waals surface area contributed by atoms with Crippen LogP contribution in [0.2, 0.25) is 0 Å². The normalized spacial score (nSPS) is 19.2. The average molecular weight is 572 g/mol. The predicted molar refractivity (Wildman–Crippen MR) is 121 cm³/mol. The fourth-order valence-corrected chi connectivity index (χ4v) is 3.19. The van der Waals surface area contributed by atoms with Crippen LogP contribution in [0.15, 0.2) is 55.9 Å². The highest BCUT2D eigenvalue weighted by Crippen LogP contribution is 2.18. The molecule has 2 N–H and O–H groups in total. The van der Waals surface area contributed by atoms with Crippen LogP contribution in [0.4, 0.5) is 0 Å². The monoisotopic (exact) mass is 570 g/mol. The number of halogens is 2. The average Bonchev–Trinajstić information content (AvgIpc) is 3.45. The second-order valence-corrected chi connectivity index (χ2v) is 8.59. The Balaban J connectivity index is 0.000000186. The van der Waals surface area contributed by atoms with Gasteiger partial charge < -0.3 is 24.6 Å². The lowest BCUT2D eigenvalue weighted by Gasteiger charge is -2.06. The molecule has 0 bridgehead atoms. The summed E-state index contributed by atoms with van der Waals surface area (Å²) < 4.78 is 6.78. The van der Waals surface area contributed by atoms with Crippen LogP contribution in [0.1, 0.15) is 24.2 Å². The molecule has 10 nitrogen and oxygen atoms in total. The van der Waals surface area contributed by atoms with Gasteiger partial charge >= 0.3 is 5.97 Å². The van der Waals surface area contributed by atoms with Crippen LogP contribution in [0.5, 0.6) is 0 Å². The highest BCUT2D eigenvalue weighted by atomic mass is 79.9. The van der Waals surface area contributed by atoms with Gasteiger partial charge in [-0.2, -0.15) is 0 Å². The Morgan fingerprint density at radius 1 is 0.969 bits per heavy atom. The van der Waals surface area contributed by atoms with E-state index in [1.807, 2.05) is 24.3 Å². The minimum absolute atomic E-state index is 0.0104. The second kappa shape index (κ2) is 12.0. The molecule has 4 heterocycles. The van der Waals surface area contributed by atoms with Gasteiger partial charge in [0.2, 0.25) is 0 Å². The Labute approximate surface area is 200 Å². The number of oxime groups is 2. The molecule has 0 aromatic carbocycles. The van der Waals surface area contributed by atoms with E-state index in [0.717, 1.165) is 31.8 Å². The van der Waals surface area contributed by atoms with E-state index in [4.69, 9.17) is 24.6 Å². The molecule has 2 aromatic heterocycles. The van der Waals surface area contributed by atoms with E-state index >= 15 is 0 Å². The number of aliphatic hydroxyl groups is 1. The van der Waals surface area contributed by atoms with Crippen molar-refractivity contribution in [1.82, 2.24) is 9.97 Å². The summed E-state index contributed by atoms with van der Waals surface area (Å²) in [6, 6.07) is 7.48. The van der Waals surface area contributed by atoms with Gasteiger partial charge in [-0.05, 0) is 56.1 Å². The number of aliphatic hydroxyl groups excluding tert-OH is 1. The summed E-state index contributed by atoms with van der Waals surface area (Å²) in [5.74, 6) is -0.997. The standard InChI is InChI=1S/C11H11BrN2O4.C9H9BrN2O2/c12-7-1-2-9(13-4-7)10-3-8(18-14-10)5-17-6-11(15)16;10-6-1-2-8(11-4-6)9-3-7(5-13)14-12-9/h1-2,4,8H,3,5-6H2,(H,15,16);1-2,4,7,13H,3,5H2/t8-;7-/m00/s1. The van der Waals surface area contributed by atoms with Crippen molar-refractivity contribution in [2.24, 2.45) is 10.3 Å². The third-order valence-electron chi connectivity index (χ3n) is 4.25. The van der Waals surface area contributed by atoms with Crippen molar-refractivity contribution < 1.29 is 29.4 Å². The second-order valence-electron chi connectivity index (χ2n) is 6.75. The molecule has 0 amide bonds. The Bertz CT molecular complexity index is 969. The molecule has 0 saturated carbocycles. The third-order valence-corrected chi connectivity index (χ3v) is 5.18. The molecule has 0 fully saturated rings. The van der Waals surface area contributed by atoms with Crippen LogP contribution in [-0.2, 0) is 19.2 Å². The van der Waals surface area contributed by atoms with E-state index in [1.54, 1.807) is 12.4 Å². The lowest BCUT2D eigenvalue weighted by atomic mass is 10.1. The number of hydrogen-bond acceptors (Lipinski definition) is 9. The van der Waals surface area contributed by atoms with Crippen LogP contribution in [0.25, 0.3) is 0 Å². The molecule has 0 unspecified atom stereocenters. The molecule has 2 aliphatic rings. The predicted octanol–water partition coefficient (Wildman–Crippen LogP) is 2.77. The summed E-state index contributed by atoms with van der Waals surface area (Å²) in [4.78, 5) is 28.8. The molecular weight excluding hydrogens is 552 g/mol. The Kier molecular flexibility index (Phi) is 9.09. The van der Waals surface area contributed by atoms with Crippen LogP contribution in [-0.4, -0.2) is 69.6 Å². The number of carboxylic acids is 1. The molecule has 2 atom stereocenters. The maximum absolute atomic E-state index is 10.3. The fraction of sp³-hybridized carbons (Fsp3) is 0.350. The first-order chi connectivity index (χ1) is 15.4. The molecule has 2 aromatic rings. The van der Waals surface area contributed by atoms with Crippen molar-refractivity contribution in [3.8, 4) is 0 Å². The first-order valence-corrected chi connectivity index (χ1v) is 11.1. The van der Waals surface area contributed by atoms with Crippen LogP contribution in [0.3, 0.4) is 0 Å². The summed E-state index contributed by atoms with van der Waals surface area (Å²) in [5.41, 5.74) is 3.08. The van der Waals surface area contributed by atoms with E-state index in [0.29, 0.717) is 12.8 Å². The van der Waals surface area contributed by atoms with Gasteiger partial charge in [0.05, 0.1) is 24.6 Å². The zero-order valence-corrected chi connectivity index (χ0v) is 19.9. The lowest BCUT2D eigenvalue weighted by Crippen LogP contribution is -2.19. The number of carbonyl (C=O) groups is 1. The van der Waals surface area contributed by atoms with Crippen LogP contribution < -0.4 is 0 Å². The zero-order valence-electron chi connectivity index (χ0n) is 16.7. The fourth-order valence-electron chi connectivity index (χ4n) is 2.72. The molecule has 0 saturated heterocycles. The molecule has 2 aliphatic heterocycles. The van der Waals surface area contributed by atoms with Crippen molar-refractivity contribution >= 4 is 49.3 Å². The Morgan fingerprint density at radius 2 is 1.50 bits per heavy atom. The van der Waals surface area contributed by atoms with E-state index in [2.05, 4.69) is 52.1 Å². The molecule has 0 spiro atoms. The Morgan fingerprint density at radius 3 is 1.94 bits per heavy atom. The van der Waals surface area contributed by atoms with Crippen molar-refractivity contribution in [2.45, 2.75) is 25.0 Å². The van der Waals surface area contributed by atoms with Crippen molar-refractivity contribution in [3.05, 3.63) is 57.0 Å². The largest absolute Gasteiger partial charge is 0.480 e. The number of pyridine rings is 2. The minimum Gasteiger partial charge on any atom is -0.480 e. The zero-order chi connectivity index (χ0) is 22.9. The number of aromatic nitrogens is 2. The molecule has 32 heavy (non-hydrogen) atoms. The number of hydrogen-bond donors (Lipinski definition) is 2. The maximum atomic E-state index is 10.3. The van der Waals surface area contributed by atoms with Gasteiger partial charge in [-0.25, -0.2) is 4.79 Å². The maximum Gasteiger partial charge on any atom is 0.329 e. The van der Waals surface area contributed by atoms with Crippen molar-refractivity contribution in [3.63, 3.8) is 0 Å². The molecule has 4 rings (SSSR count). The Hall–Kier alpha value is -2.41. The number of ether oxygens (including phenoxy) is 1. The third kappa shape index (κ3) is 7.33. The minimum atomic E-state index is -0.997. The number of aliphatic carboxylic acids is 1. The van der Waals surface area contributed by atoms with Crippen molar-refractivity contribution in [1.29, 1.82) is 0 Å². The van der Waals surface area contributed by atoms with Crippen LogP contribution >= 0.6 is 31.9 Å². The molecule has 0 aliphatic carbocycles.